The second-order valence-electron chi connectivity index (χ2n) is 4.83. The molecule has 2 aromatic rings. The quantitative estimate of drug-likeness (QED) is 0.706. The van der Waals surface area contributed by atoms with Crippen molar-refractivity contribution in [3.05, 3.63) is 70.8 Å². The van der Waals surface area contributed by atoms with Crippen LogP contribution in [0.1, 0.15) is 48.9 Å². The smallest absolute Gasteiger partial charge is 0.00664 e. The molecule has 0 aliphatic carbocycles. The van der Waals surface area contributed by atoms with Crippen LogP contribution in [0, 0.1) is 0 Å². The van der Waals surface area contributed by atoms with E-state index in [-0.39, 0.29) is 0 Å². The third-order valence-electron chi connectivity index (χ3n) is 3.81. The molecule has 0 N–H and O–H groups in total. The van der Waals surface area contributed by atoms with Crippen LogP contribution in [0.3, 0.4) is 0 Å². The Kier molecular flexibility index (Phi) is 4.19. The molecule has 0 heteroatoms. The van der Waals surface area contributed by atoms with Crippen LogP contribution in [0.2, 0.25) is 0 Å². The molecule has 0 spiro atoms. The summed E-state index contributed by atoms with van der Waals surface area (Å²) in [5.41, 5.74) is 5.88. The van der Waals surface area contributed by atoms with Gasteiger partial charge in [-0.3, -0.25) is 0 Å². The van der Waals surface area contributed by atoms with Gasteiger partial charge in [0.25, 0.3) is 0 Å². The number of rotatable bonds is 4. The Morgan fingerprint density at radius 3 is 1.50 bits per heavy atom. The lowest BCUT2D eigenvalue weighted by atomic mass is 9.86. The summed E-state index contributed by atoms with van der Waals surface area (Å²) in [6, 6.07) is 17.6. The van der Waals surface area contributed by atoms with Gasteiger partial charge in [-0.1, -0.05) is 69.3 Å². The highest BCUT2D eigenvalue weighted by Crippen LogP contribution is 2.29. The first-order chi connectivity index (χ1) is 8.77. The van der Waals surface area contributed by atoms with Crippen LogP contribution in [0.4, 0.5) is 0 Å². The van der Waals surface area contributed by atoms with Crippen LogP contribution in [-0.4, -0.2) is 0 Å². The van der Waals surface area contributed by atoms with Crippen molar-refractivity contribution in [1.82, 2.24) is 0 Å². The molecular weight excluding hydrogens is 216 g/mol. The van der Waals surface area contributed by atoms with Crippen molar-refractivity contribution in [2.45, 2.75) is 39.5 Å². The lowest BCUT2D eigenvalue weighted by Crippen LogP contribution is -2.03. The number of hydrogen-bond donors (Lipinski definition) is 0. The Balaban J connectivity index is 2.44. The Morgan fingerprint density at radius 1 is 0.722 bits per heavy atom. The van der Waals surface area contributed by atoms with Gasteiger partial charge in [0.1, 0.15) is 0 Å². The Hall–Kier alpha value is -1.56. The summed E-state index contributed by atoms with van der Waals surface area (Å²) in [4.78, 5) is 0. The van der Waals surface area contributed by atoms with E-state index < -0.39 is 0 Å². The first-order valence-electron chi connectivity index (χ1n) is 6.93. The van der Waals surface area contributed by atoms with Gasteiger partial charge in [0.05, 0.1) is 0 Å². The standard InChI is InChI=1S/C18H22/c1-4-15-10-6-8-12-17(15)14(3)18-13-9-7-11-16(18)5-2/h6-14H,4-5H2,1-3H3. The van der Waals surface area contributed by atoms with E-state index in [9.17, 15) is 0 Å². The third kappa shape index (κ3) is 2.48. The molecule has 0 fully saturated rings. The first-order valence-corrected chi connectivity index (χ1v) is 6.93. The van der Waals surface area contributed by atoms with Crippen LogP contribution in [0.15, 0.2) is 48.5 Å². The Bertz CT molecular complexity index is 463. The van der Waals surface area contributed by atoms with Crippen LogP contribution >= 0.6 is 0 Å². The van der Waals surface area contributed by atoms with E-state index in [1.54, 1.807) is 0 Å². The maximum atomic E-state index is 2.32. The normalized spacial score (nSPS) is 10.9. The average molecular weight is 238 g/mol. The minimum atomic E-state index is 0.484. The minimum absolute atomic E-state index is 0.484. The topological polar surface area (TPSA) is 0 Å². The lowest BCUT2D eigenvalue weighted by molar-refractivity contribution is 0.871. The highest BCUT2D eigenvalue weighted by atomic mass is 14.2. The molecule has 0 aliphatic heterocycles. The molecule has 0 amide bonds. The van der Waals surface area contributed by atoms with E-state index >= 15 is 0 Å². The molecule has 0 saturated carbocycles. The largest absolute Gasteiger partial charge is 0.0620 e. The van der Waals surface area contributed by atoms with Crippen LogP contribution in [-0.2, 0) is 12.8 Å². The fourth-order valence-electron chi connectivity index (χ4n) is 2.72. The monoisotopic (exact) mass is 238 g/mol. The van der Waals surface area contributed by atoms with E-state index in [4.69, 9.17) is 0 Å². The van der Waals surface area contributed by atoms with Crippen molar-refractivity contribution in [3.63, 3.8) is 0 Å². The lowest BCUT2D eigenvalue weighted by Gasteiger charge is -2.19. The highest BCUT2D eigenvalue weighted by molar-refractivity contribution is 5.41. The van der Waals surface area contributed by atoms with Gasteiger partial charge in [-0.2, -0.15) is 0 Å². The van der Waals surface area contributed by atoms with Gasteiger partial charge in [0.2, 0.25) is 0 Å². The van der Waals surface area contributed by atoms with Crippen molar-refractivity contribution in [1.29, 1.82) is 0 Å². The maximum Gasteiger partial charge on any atom is 0.00664 e. The van der Waals surface area contributed by atoms with E-state index in [2.05, 4.69) is 69.3 Å². The summed E-state index contributed by atoms with van der Waals surface area (Å²) in [6.45, 7) is 6.79. The van der Waals surface area contributed by atoms with Crippen LogP contribution in [0.25, 0.3) is 0 Å². The molecule has 0 unspecified atom stereocenters. The molecule has 0 nitrogen and oxygen atoms in total. The fourth-order valence-corrected chi connectivity index (χ4v) is 2.72. The Labute approximate surface area is 111 Å². The predicted molar refractivity (Wildman–Crippen MR) is 79.2 cm³/mol. The number of hydrogen-bond acceptors (Lipinski definition) is 0. The van der Waals surface area contributed by atoms with E-state index in [1.165, 1.54) is 22.3 Å². The van der Waals surface area contributed by atoms with Gasteiger partial charge in [-0.25, -0.2) is 0 Å². The average Bonchev–Trinajstić information content (AvgIpc) is 2.46. The molecule has 2 aromatic carbocycles. The molecule has 18 heavy (non-hydrogen) atoms. The van der Waals surface area contributed by atoms with Crippen molar-refractivity contribution < 1.29 is 0 Å². The SMILES string of the molecule is CCc1ccccc1C(C)c1ccccc1CC. The van der Waals surface area contributed by atoms with Gasteiger partial charge in [-0.05, 0) is 35.1 Å². The zero-order valence-electron chi connectivity index (χ0n) is 11.6. The summed E-state index contributed by atoms with van der Waals surface area (Å²) in [6.07, 6.45) is 2.21. The molecular formula is C18H22. The number of benzene rings is 2. The summed E-state index contributed by atoms with van der Waals surface area (Å²) in [7, 11) is 0. The summed E-state index contributed by atoms with van der Waals surface area (Å²) >= 11 is 0. The molecule has 0 aliphatic rings. The molecule has 0 atom stereocenters. The van der Waals surface area contributed by atoms with Gasteiger partial charge < -0.3 is 0 Å². The van der Waals surface area contributed by atoms with E-state index in [0.29, 0.717) is 5.92 Å². The van der Waals surface area contributed by atoms with Crippen molar-refractivity contribution >= 4 is 0 Å². The van der Waals surface area contributed by atoms with Crippen LogP contribution < -0.4 is 0 Å². The fraction of sp³-hybridized carbons (Fsp3) is 0.333. The molecule has 0 bridgehead atoms. The van der Waals surface area contributed by atoms with Crippen molar-refractivity contribution in [3.8, 4) is 0 Å². The zero-order chi connectivity index (χ0) is 13.0. The Morgan fingerprint density at radius 2 is 1.11 bits per heavy atom. The van der Waals surface area contributed by atoms with Crippen molar-refractivity contribution in [2.24, 2.45) is 0 Å². The molecule has 0 aromatic heterocycles. The van der Waals surface area contributed by atoms with E-state index in [0.717, 1.165) is 12.8 Å². The first kappa shape index (κ1) is 12.9. The van der Waals surface area contributed by atoms with Gasteiger partial charge >= 0.3 is 0 Å². The summed E-state index contributed by atoms with van der Waals surface area (Å²) in [5.74, 6) is 0.484. The third-order valence-corrected chi connectivity index (χ3v) is 3.81. The molecule has 94 valence electrons. The molecule has 0 saturated heterocycles. The molecule has 0 heterocycles. The summed E-state index contributed by atoms with van der Waals surface area (Å²) in [5, 5.41) is 0. The van der Waals surface area contributed by atoms with Gasteiger partial charge in [0.15, 0.2) is 0 Å². The van der Waals surface area contributed by atoms with Crippen molar-refractivity contribution in [2.75, 3.05) is 0 Å². The van der Waals surface area contributed by atoms with E-state index in [1.807, 2.05) is 0 Å². The molecule has 2 rings (SSSR count). The minimum Gasteiger partial charge on any atom is -0.0620 e. The second-order valence-corrected chi connectivity index (χ2v) is 4.83. The maximum absolute atomic E-state index is 2.32. The predicted octanol–water partition coefficient (Wildman–Crippen LogP) is 4.96. The van der Waals surface area contributed by atoms with Gasteiger partial charge in [-0.15, -0.1) is 0 Å². The highest BCUT2D eigenvalue weighted by Gasteiger charge is 2.13. The molecule has 0 radical (unpaired) electrons. The number of aryl methyl sites for hydroxylation is 2. The van der Waals surface area contributed by atoms with Crippen LogP contribution in [0.5, 0.6) is 0 Å². The second kappa shape index (κ2) is 5.86. The van der Waals surface area contributed by atoms with Gasteiger partial charge in [0, 0.05) is 5.92 Å². The zero-order valence-corrected chi connectivity index (χ0v) is 11.6. The summed E-state index contributed by atoms with van der Waals surface area (Å²) < 4.78 is 0.